The molecule has 1 aromatic heterocycles. The zero-order valence-electron chi connectivity index (χ0n) is 15.9. The van der Waals surface area contributed by atoms with E-state index in [1.165, 1.54) is 17.8 Å². The lowest BCUT2D eigenvalue weighted by Crippen LogP contribution is -2.26. The van der Waals surface area contributed by atoms with E-state index in [4.69, 9.17) is 0 Å². The van der Waals surface area contributed by atoms with E-state index in [0.29, 0.717) is 23.9 Å². The van der Waals surface area contributed by atoms with Crippen molar-refractivity contribution in [2.24, 2.45) is 5.92 Å². The van der Waals surface area contributed by atoms with Crippen molar-refractivity contribution in [3.8, 4) is 0 Å². The van der Waals surface area contributed by atoms with Gasteiger partial charge in [-0.3, -0.25) is 14.6 Å². The van der Waals surface area contributed by atoms with Crippen molar-refractivity contribution in [2.75, 3.05) is 11.9 Å². The summed E-state index contributed by atoms with van der Waals surface area (Å²) in [6.45, 7) is 9.04. The number of carbonyl (C=O) groups is 2. The Bertz CT molecular complexity index is 752. The molecule has 0 radical (unpaired) electrons. The highest BCUT2D eigenvalue weighted by Gasteiger charge is 2.12. The topological polar surface area (TPSA) is 71.1 Å². The van der Waals surface area contributed by atoms with Gasteiger partial charge in [0.25, 0.3) is 11.8 Å². The molecule has 1 heterocycles. The molecule has 2 amide bonds. The number of nitrogens with zero attached hydrogens (tertiary/aromatic N) is 1. The highest BCUT2D eigenvalue weighted by molar-refractivity contribution is 6.05. The second-order valence-electron chi connectivity index (χ2n) is 7.10. The molecule has 2 aromatic rings. The molecule has 2 rings (SSSR count). The molecular formula is C21H27N3O2. The number of nitrogens with one attached hydrogen (secondary N) is 2. The van der Waals surface area contributed by atoms with Crippen molar-refractivity contribution >= 4 is 17.5 Å². The molecule has 2 N–H and O–H groups in total. The minimum Gasteiger partial charge on any atom is -0.351 e. The summed E-state index contributed by atoms with van der Waals surface area (Å²) in [5.41, 5.74) is 2.59. The number of hydrogen-bond donors (Lipinski definition) is 2. The molecule has 1 aromatic carbocycles. The summed E-state index contributed by atoms with van der Waals surface area (Å²) in [6.07, 6.45) is 2.38. The van der Waals surface area contributed by atoms with Crippen molar-refractivity contribution in [3.63, 3.8) is 0 Å². The van der Waals surface area contributed by atoms with Crippen LogP contribution in [0.15, 0.2) is 42.6 Å². The van der Waals surface area contributed by atoms with Gasteiger partial charge in [-0.15, -0.1) is 0 Å². The van der Waals surface area contributed by atoms with E-state index < -0.39 is 0 Å². The standard InChI is InChI=1S/C21H27N3O2/c1-14(2)9-11-23-21(26)19-13-17(10-12-22-19)20(25)24-18-7-5-16(6-8-18)15(3)4/h5-8,10,12-15H,9,11H2,1-4H3,(H,23,26)(H,24,25). The molecule has 138 valence electrons. The number of anilines is 1. The summed E-state index contributed by atoms with van der Waals surface area (Å²) in [5.74, 6) is 0.432. The number of rotatable bonds is 7. The van der Waals surface area contributed by atoms with E-state index in [1.54, 1.807) is 6.07 Å². The third-order valence-corrected chi connectivity index (χ3v) is 4.10. The smallest absolute Gasteiger partial charge is 0.269 e. The molecule has 0 atom stereocenters. The molecule has 0 saturated carbocycles. The Morgan fingerprint density at radius 3 is 2.31 bits per heavy atom. The van der Waals surface area contributed by atoms with E-state index in [-0.39, 0.29) is 17.5 Å². The highest BCUT2D eigenvalue weighted by Crippen LogP contribution is 2.17. The second kappa shape index (κ2) is 9.13. The summed E-state index contributed by atoms with van der Waals surface area (Å²) in [4.78, 5) is 28.7. The largest absolute Gasteiger partial charge is 0.351 e. The van der Waals surface area contributed by atoms with Crippen LogP contribution < -0.4 is 10.6 Å². The Labute approximate surface area is 155 Å². The van der Waals surface area contributed by atoms with Crippen LogP contribution in [0.3, 0.4) is 0 Å². The fourth-order valence-corrected chi connectivity index (χ4v) is 2.42. The minimum atomic E-state index is -0.263. The average molecular weight is 353 g/mol. The predicted molar refractivity (Wildman–Crippen MR) is 105 cm³/mol. The van der Waals surface area contributed by atoms with Crippen LogP contribution in [0.25, 0.3) is 0 Å². The first kappa shape index (κ1) is 19.6. The number of benzene rings is 1. The zero-order valence-corrected chi connectivity index (χ0v) is 15.9. The van der Waals surface area contributed by atoms with Crippen molar-refractivity contribution in [2.45, 2.75) is 40.0 Å². The van der Waals surface area contributed by atoms with E-state index >= 15 is 0 Å². The molecule has 0 aliphatic carbocycles. The van der Waals surface area contributed by atoms with Crippen LogP contribution in [0.1, 0.15) is 66.4 Å². The van der Waals surface area contributed by atoms with Gasteiger partial charge in [0.05, 0.1) is 0 Å². The number of carbonyl (C=O) groups excluding carboxylic acids is 2. The summed E-state index contributed by atoms with van der Waals surface area (Å²) < 4.78 is 0. The first-order valence-electron chi connectivity index (χ1n) is 9.02. The third kappa shape index (κ3) is 5.69. The average Bonchev–Trinajstić information content (AvgIpc) is 2.62. The minimum absolute atomic E-state index is 0.247. The van der Waals surface area contributed by atoms with Crippen molar-refractivity contribution in [1.29, 1.82) is 0 Å². The molecule has 0 fully saturated rings. The van der Waals surface area contributed by atoms with Crippen molar-refractivity contribution < 1.29 is 9.59 Å². The number of pyridine rings is 1. The molecule has 0 spiro atoms. The van der Waals surface area contributed by atoms with E-state index in [9.17, 15) is 9.59 Å². The maximum atomic E-state index is 12.4. The maximum Gasteiger partial charge on any atom is 0.269 e. The van der Waals surface area contributed by atoms with Crippen LogP contribution in [0.2, 0.25) is 0 Å². The summed E-state index contributed by atoms with van der Waals surface area (Å²) in [7, 11) is 0. The lowest BCUT2D eigenvalue weighted by molar-refractivity contribution is 0.0947. The van der Waals surface area contributed by atoms with Gasteiger partial charge in [0.1, 0.15) is 5.69 Å². The van der Waals surface area contributed by atoms with Gasteiger partial charge in [-0.1, -0.05) is 39.8 Å². The number of amides is 2. The van der Waals surface area contributed by atoms with E-state index in [1.807, 2.05) is 24.3 Å². The molecule has 0 saturated heterocycles. The van der Waals surface area contributed by atoms with Crippen LogP contribution in [0, 0.1) is 5.92 Å². The van der Waals surface area contributed by atoms with Crippen LogP contribution >= 0.6 is 0 Å². The van der Waals surface area contributed by atoms with Crippen LogP contribution in [-0.2, 0) is 0 Å². The molecule has 0 bridgehead atoms. The summed E-state index contributed by atoms with van der Waals surface area (Å²) in [6, 6.07) is 10.9. The molecule has 0 unspecified atom stereocenters. The normalized spacial score (nSPS) is 10.8. The van der Waals surface area contributed by atoms with Gasteiger partial charge in [-0.05, 0) is 48.1 Å². The molecule has 0 aliphatic heterocycles. The van der Waals surface area contributed by atoms with Gasteiger partial charge in [0.15, 0.2) is 0 Å². The Hall–Kier alpha value is -2.69. The van der Waals surface area contributed by atoms with E-state index in [0.717, 1.165) is 12.1 Å². The monoisotopic (exact) mass is 353 g/mol. The van der Waals surface area contributed by atoms with E-state index in [2.05, 4.69) is 43.3 Å². The van der Waals surface area contributed by atoms with Gasteiger partial charge in [-0.2, -0.15) is 0 Å². The van der Waals surface area contributed by atoms with Gasteiger partial charge in [-0.25, -0.2) is 0 Å². The summed E-state index contributed by atoms with van der Waals surface area (Å²) >= 11 is 0. The van der Waals surface area contributed by atoms with Crippen LogP contribution in [-0.4, -0.2) is 23.3 Å². The highest BCUT2D eigenvalue weighted by atomic mass is 16.2. The number of aromatic nitrogens is 1. The lowest BCUT2D eigenvalue weighted by atomic mass is 10.0. The molecule has 5 nitrogen and oxygen atoms in total. The molecule has 0 aliphatic rings. The first-order valence-corrected chi connectivity index (χ1v) is 9.02. The van der Waals surface area contributed by atoms with Crippen LogP contribution in [0.4, 0.5) is 5.69 Å². The fraction of sp³-hybridized carbons (Fsp3) is 0.381. The van der Waals surface area contributed by atoms with Gasteiger partial charge in [0.2, 0.25) is 0 Å². The van der Waals surface area contributed by atoms with Crippen molar-refractivity contribution in [3.05, 3.63) is 59.4 Å². The Morgan fingerprint density at radius 1 is 1.00 bits per heavy atom. The molecule has 5 heteroatoms. The Morgan fingerprint density at radius 2 is 1.69 bits per heavy atom. The van der Waals surface area contributed by atoms with Gasteiger partial charge in [0, 0.05) is 24.0 Å². The Kier molecular flexibility index (Phi) is 6.89. The first-order chi connectivity index (χ1) is 12.4. The SMILES string of the molecule is CC(C)CCNC(=O)c1cc(C(=O)Nc2ccc(C(C)C)cc2)ccn1. The quantitative estimate of drug-likeness (QED) is 0.782. The van der Waals surface area contributed by atoms with Crippen LogP contribution in [0.5, 0.6) is 0 Å². The molecular weight excluding hydrogens is 326 g/mol. The second-order valence-corrected chi connectivity index (χ2v) is 7.10. The van der Waals surface area contributed by atoms with Gasteiger partial charge >= 0.3 is 0 Å². The number of hydrogen-bond acceptors (Lipinski definition) is 3. The van der Waals surface area contributed by atoms with Crippen molar-refractivity contribution in [1.82, 2.24) is 10.3 Å². The maximum absolute atomic E-state index is 12.4. The Balaban J connectivity index is 2.01. The fourth-order valence-electron chi connectivity index (χ4n) is 2.42. The summed E-state index contributed by atoms with van der Waals surface area (Å²) in [5, 5.41) is 5.68. The lowest BCUT2D eigenvalue weighted by Gasteiger charge is -2.10. The zero-order chi connectivity index (χ0) is 19.1. The van der Waals surface area contributed by atoms with Gasteiger partial charge < -0.3 is 10.6 Å². The predicted octanol–water partition coefficient (Wildman–Crippen LogP) is 4.23. The third-order valence-electron chi connectivity index (χ3n) is 4.10. The molecule has 26 heavy (non-hydrogen) atoms.